The van der Waals surface area contributed by atoms with Gasteiger partial charge < -0.3 is 10.0 Å². The summed E-state index contributed by atoms with van der Waals surface area (Å²) < 4.78 is 40.1. The molecule has 1 aromatic heterocycles. The van der Waals surface area contributed by atoms with Crippen molar-refractivity contribution in [3.05, 3.63) is 65.5 Å². The van der Waals surface area contributed by atoms with Gasteiger partial charge in [0.1, 0.15) is 17.4 Å². The summed E-state index contributed by atoms with van der Waals surface area (Å²) in [6.07, 6.45) is -0.167. The molecule has 1 aromatic carbocycles. The lowest BCUT2D eigenvalue weighted by molar-refractivity contribution is -0.137. The maximum atomic E-state index is 13.4. The largest absolute Gasteiger partial charge is 0.507 e. The van der Waals surface area contributed by atoms with Crippen LogP contribution >= 0.6 is 0 Å². The summed E-state index contributed by atoms with van der Waals surface area (Å²) in [6.45, 7) is 0.937. The monoisotopic (exact) mass is 358 g/mol. The maximum Gasteiger partial charge on any atom is 0.418 e. The van der Waals surface area contributed by atoms with E-state index in [2.05, 4.69) is 15.0 Å². The van der Waals surface area contributed by atoms with Crippen LogP contribution in [0.1, 0.15) is 16.7 Å². The molecule has 0 saturated carbocycles. The van der Waals surface area contributed by atoms with Gasteiger partial charge in [0.2, 0.25) is 0 Å². The second kappa shape index (κ2) is 5.98. The summed E-state index contributed by atoms with van der Waals surface area (Å²) in [5.41, 5.74) is -0.212. The highest BCUT2D eigenvalue weighted by molar-refractivity contribution is 6.20. The van der Waals surface area contributed by atoms with Gasteiger partial charge in [-0.1, -0.05) is 6.07 Å². The molecular formula is C18H13F3N4O. The number of rotatable bonds is 2. The Morgan fingerprint density at radius 1 is 1.19 bits per heavy atom. The summed E-state index contributed by atoms with van der Waals surface area (Å²) in [6, 6.07) is 7.23. The van der Waals surface area contributed by atoms with Gasteiger partial charge in [-0.15, -0.1) is 0 Å². The number of amidine groups is 2. The second-order valence-corrected chi connectivity index (χ2v) is 5.80. The molecule has 5 nitrogen and oxygen atoms in total. The lowest BCUT2D eigenvalue weighted by Gasteiger charge is -2.27. The van der Waals surface area contributed by atoms with Crippen LogP contribution in [0.3, 0.4) is 0 Å². The van der Waals surface area contributed by atoms with E-state index in [0.29, 0.717) is 30.1 Å². The Balaban J connectivity index is 1.87. The zero-order valence-electron chi connectivity index (χ0n) is 13.4. The number of aromatic nitrogens is 1. The van der Waals surface area contributed by atoms with Gasteiger partial charge in [0, 0.05) is 36.1 Å². The lowest BCUT2D eigenvalue weighted by Crippen LogP contribution is -2.36. The first-order valence-electron chi connectivity index (χ1n) is 7.87. The van der Waals surface area contributed by atoms with E-state index in [9.17, 15) is 18.3 Å². The zero-order chi connectivity index (χ0) is 18.3. The van der Waals surface area contributed by atoms with E-state index in [-0.39, 0.29) is 17.3 Å². The number of halogens is 3. The molecule has 8 heteroatoms. The molecule has 4 rings (SSSR count). The molecule has 0 saturated heterocycles. The number of hydrogen-bond acceptors (Lipinski definition) is 5. The Labute approximate surface area is 146 Å². The normalized spacial score (nSPS) is 16.7. The third kappa shape index (κ3) is 2.73. The Morgan fingerprint density at radius 2 is 2.04 bits per heavy atom. The topological polar surface area (TPSA) is 61.1 Å². The van der Waals surface area contributed by atoms with Gasteiger partial charge in [-0.05, 0) is 24.3 Å². The lowest BCUT2D eigenvalue weighted by atomic mass is 10.0. The minimum absolute atomic E-state index is 0.129. The number of pyridine rings is 1. The number of aliphatic hydroxyl groups is 1. The number of benzene rings is 1. The van der Waals surface area contributed by atoms with Crippen LogP contribution in [0.5, 0.6) is 0 Å². The van der Waals surface area contributed by atoms with Crippen LogP contribution in [-0.4, -0.2) is 39.8 Å². The predicted octanol–water partition coefficient (Wildman–Crippen LogP) is 3.81. The summed E-state index contributed by atoms with van der Waals surface area (Å²) in [5, 5.41) is 10.3. The second-order valence-electron chi connectivity index (χ2n) is 5.80. The molecule has 2 aromatic rings. The SMILES string of the molecule is O/C(=C\C1=Nc2c(cccc2C(F)(F)F)C2=NCCN12)c1cccnc1. The molecule has 0 unspecified atom stereocenters. The molecule has 1 N–H and O–H groups in total. The van der Waals surface area contributed by atoms with E-state index in [4.69, 9.17) is 0 Å². The van der Waals surface area contributed by atoms with Crippen molar-refractivity contribution in [3.63, 3.8) is 0 Å². The fraction of sp³-hybridized carbons (Fsp3) is 0.167. The summed E-state index contributed by atoms with van der Waals surface area (Å²) >= 11 is 0. The molecule has 3 heterocycles. The van der Waals surface area contributed by atoms with E-state index in [0.717, 1.165) is 6.07 Å². The third-order valence-electron chi connectivity index (χ3n) is 4.15. The Morgan fingerprint density at radius 3 is 2.77 bits per heavy atom. The number of alkyl halides is 3. The average molecular weight is 358 g/mol. The average Bonchev–Trinajstić information content (AvgIpc) is 3.11. The predicted molar refractivity (Wildman–Crippen MR) is 91.5 cm³/mol. The van der Waals surface area contributed by atoms with Crippen molar-refractivity contribution >= 4 is 23.1 Å². The highest BCUT2D eigenvalue weighted by atomic mass is 19.4. The van der Waals surface area contributed by atoms with Crippen molar-refractivity contribution < 1.29 is 18.3 Å². The molecule has 0 aliphatic carbocycles. The quantitative estimate of drug-likeness (QED) is 0.831. The van der Waals surface area contributed by atoms with Crippen LogP contribution in [0.4, 0.5) is 18.9 Å². The molecule has 2 aliphatic rings. The van der Waals surface area contributed by atoms with E-state index in [1.54, 1.807) is 29.3 Å². The highest BCUT2D eigenvalue weighted by Gasteiger charge is 2.38. The van der Waals surface area contributed by atoms with Gasteiger partial charge in [-0.25, -0.2) is 4.99 Å². The van der Waals surface area contributed by atoms with Gasteiger partial charge in [-0.3, -0.25) is 9.98 Å². The molecule has 0 amide bonds. The Hall–Kier alpha value is -3.16. The minimum Gasteiger partial charge on any atom is -0.507 e. The summed E-state index contributed by atoms with van der Waals surface area (Å²) in [7, 11) is 0. The summed E-state index contributed by atoms with van der Waals surface area (Å²) in [5.74, 6) is 0.522. The fourth-order valence-electron chi connectivity index (χ4n) is 2.98. The van der Waals surface area contributed by atoms with Gasteiger partial charge >= 0.3 is 6.18 Å². The maximum absolute atomic E-state index is 13.4. The number of hydrogen-bond donors (Lipinski definition) is 1. The number of aliphatic imine (C=N–C) groups is 2. The molecule has 0 bridgehead atoms. The Bertz CT molecular complexity index is 949. The molecule has 132 valence electrons. The first-order valence-corrected chi connectivity index (χ1v) is 7.87. The van der Waals surface area contributed by atoms with Crippen LogP contribution in [0.25, 0.3) is 5.76 Å². The molecule has 2 aliphatic heterocycles. The standard InChI is InChI=1S/C18H13F3N4O/c19-18(20,21)13-5-1-4-12-16(13)24-15(25-8-7-23-17(12)25)9-14(26)11-3-2-6-22-10-11/h1-6,9-10,26H,7-8H2/b14-9-. The highest BCUT2D eigenvalue weighted by Crippen LogP contribution is 2.41. The van der Waals surface area contributed by atoms with Crippen LogP contribution in [0.15, 0.2) is 58.8 Å². The van der Waals surface area contributed by atoms with E-state index in [1.165, 1.54) is 18.3 Å². The van der Waals surface area contributed by atoms with Crippen molar-refractivity contribution in [3.8, 4) is 0 Å². The van der Waals surface area contributed by atoms with Crippen LogP contribution in [0.2, 0.25) is 0 Å². The van der Waals surface area contributed by atoms with E-state index >= 15 is 0 Å². The fourth-order valence-corrected chi connectivity index (χ4v) is 2.98. The van der Waals surface area contributed by atoms with Crippen molar-refractivity contribution in [2.75, 3.05) is 13.1 Å². The smallest absolute Gasteiger partial charge is 0.418 e. The number of aliphatic hydroxyl groups excluding tert-OH is 1. The molecular weight excluding hydrogens is 345 g/mol. The van der Waals surface area contributed by atoms with E-state index in [1.807, 2.05) is 0 Å². The number of nitrogens with zero attached hydrogens (tertiary/aromatic N) is 4. The molecule has 26 heavy (non-hydrogen) atoms. The first kappa shape index (κ1) is 16.3. The van der Waals surface area contributed by atoms with Crippen molar-refractivity contribution in [2.24, 2.45) is 9.98 Å². The van der Waals surface area contributed by atoms with Gasteiger partial charge in [0.15, 0.2) is 0 Å². The molecule has 0 radical (unpaired) electrons. The van der Waals surface area contributed by atoms with Crippen molar-refractivity contribution in [2.45, 2.75) is 6.18 Å². The molecule has 0 spiro atoms. The van der Waals surface area contributed by atoms with Gasteiger partial charge in [-0.2, -0.15) is 13.2 Å². The summed E-state index contributed by atoms with van der Waals surface area (Å²) in [4.78, 5) is 14.2. The number of fused-ring (bicyclic) bond motifs is 3. The minimum atomic E-state index is -4.53. The number of para-hydroxylation sites is 1. The van der Waals surface area contributed by atoms with Crippen LogP contribution in [0, 0.1) is 0 Å². The molecule has 0 fully saturated rings. The van der Waals surface area contributed by atoms with Gasteiger partial charge in [0.25, 0.3) is 0 Å². The van der Waals surface area contributed by atoms with Crippen molar-refractivity contribution in [1.29, 1.82) is 0 Å². The Kier molecular flexibility index (Phi) is 3.75. The third-order valence-corrected chi connectivity index (χ3v) is 4.15. The van der Waals surface area contributed by atoms with Crippen LogP contribution < -0.4 is 0 Å². The zero-order valence-corrected chi connectivity index (χ0v) is 13.4. The van der Waals surface area contributed by atoms with Crippen molar-refractivity contribution in [1.82, 2.24) is 9.88 Å². The van der Waals surface area contributed by atoms with E-state index < -0.39 is 11.7 Å². The van der Waals surface area contributed by atoms with Gasteiger partial charge in [0.05, 0.1) is 17.8 Å². The molecule has 0 atom stereocenters. The first-order chi connectivity index (χ1) is 12.4. The van der Waals surface area contributed by atoms with Crippen LogP contribution in [-0.2, 0) is 6.18 Å².